The van der Waals surface area contributed by atoms with Crippen LogP contribution in [-0.2, 0) is 4.79 Å². The molecule has 21 heavy (non-hydrogen) atoms. The van der Waals surface area contributed by atoms with Gasteiger partial charge in [0.25, 0.3) is 5.91 Å². The van der Waals surface area contributed by atoms with Crippen LogP contribution in [0.3, 0.4) is 0 Å². The number of benzene rings is 1. The number of amides is 1. The van der Waals surface area contributed by atoms with Gasteiger partial charge in [0.05, 0.1) is 4.58 Å². The number of hydrogen-bond donors (Lipinski definition) is 2. The summed E-state index contributed by atoms with van der Waals surface area (Å²) in [5, 5.41) is 11.5. The maximum Gasteiger partial charge on any atom is 0.326 e. The first-order chi connectivity index (χ1) is 10.1. The summed E-state index contributed by atoms with van der Waals surface area (Å²) in [6.07, 6.45) is 1.62. The zero-order valence-corrected chi connectivity index (χ0v) is 13.5. The SMILES string of the molecule is CCC(NC(=O)c1ccc(C2SCCCS2)cc1)C(=O)O. The first-order valence-corrected chi connectivity index (χ1v) is 9.08. The largest absolute Gasteiger partial charge is 0.480 e. The van der Waals surface area contributed by atoms with Crippen LogP contribution in [-0.4, -0.2) is 34.5 Å². The summed E-state index contributed by atoms with van der Waals surface area (Å²) in [5.74, 6) is 1.02. The highest BCUT2D eigenvalue weighted by molar-refractivity contribution is 8.16. The fraction of sp³-hybridized carbons (Fsp3) is 0.467. The van der Waals surface area contributed by atoms with Crippen LogP contribution in [0.1, 0.15) is 40.3 Å². The summed E-state index contributed by atoms with van der Waals surface area (Å²) < 4.78 is 0.443. The van der Waals surface area contributed by atoms with E-state index in [1.807, 2.05) is 35.7 Å². The minimum absolute atomic E-state index is 0.334. The first-order valence-electron chi connectivity index (χ1n) is 6.98. The lowest BCUT2D eigenvalue weighted by Crippen LogP contribution is -2.40. The molecular formula is C15H19NO3S2. The summed E-state index contributed by atoms with van der Waals surface area (Å²) in [7, 11) is 0. The van der Waals surface area contributed by atoms with E-state index in [-0.39, 0.29) is 5.91 Å². The summed E-state index contributed by atoms with van der Waals surface area (Å²) in [5.41, 5.74) is 1.72. The van der Waals surface area contributed by atoms with E-state index in [0.717, 1.165) is 0 Å². The molecule has 1 aromatic carbocycles. The van der Waals surface area contributed by atoms with Crippen LogP contribution in [0.5, 0.6) is 0 Å². The van der Waals surface area contributed by atoms with Crippen LogP contribution in [0.15, 0.2) is 24.3 Å². The van der Waals surface area contributed by atoms with Crippen molar-refractivity contribution in [1.82, 2.24) is 5.32 Å². The van der Waals surface area contributed by atoms with Crippen LogP contribution < -0.4 is 5.32 Å². The standard InChI is InChI=1S/C15H19NO3S2/c1-2-12(14(18)19)16-13(17)10-4-6-11(7-5-10)15-20-8-3-9-21-15/h4-7,12,15H,2-3,8-9H2,1H3,(H,16,17)(H,18,19). The lowest BCUT2D eigenvalue weighted by Gasteiger charge is -2.21. The maximum absolute atomic E-state index is 12.0. The molecule has 1 aromatic rings. The topological polar surface area (TPSA) is 66.4 Å². The Morgan fingerprint density at radius 2 is 1.90 bits per heavy atom. The van der Waals surface area contributed by atoms with Crippen molar-refractivity contribution in [3.8, 4) is 0 Å². The molecule has 2 rings (SSSR count). The molecule has 0 saturated carbocycles. The molecule has 1 atom stereocenters. The summed E-state index contributed by atoms with van der Waals surface area (Å²) in [6, 6.07) is 6.64. The van der Waals surface area contributed by atoms with Gasteiger partial charge >= 0.3 is 5.97 Å². The van der Waals surface area contributed by atoms with Crippen LogP contribution in [0, 0.1) is 0 Å². The molecule has 1 heterocycles. The van der Waals surface area contributed by atoms with Gasteiger partial charge in [-0.3, -0.25) is 4.79 Å². The highest BCUT2D eigenvalue weighted by Gasteiger charge is 2.20. The van der Waals surface area contributed by atoms with Crippen molar-refractivity contribution >= 4 is 35.4 Å². The normalized spacial score (nSPS) is 17.2. The Bertz CT molecular complexity index is 498. The van der Waals surface area contributed by atoms with E-state index >= 15 is 0 Å². The molecule has 1 amide bonds. The Morgan fingerprint density at radius 3 is 2.43 bits per heavy atom. The second-order valence-corrected chi connectivity index (χ2v) is 7.55. The van der Waals surface area contributed by atoms with Crippen LogP contribution in [0.2, 0.25) is 0 Å². The number of nitrogens with one attached hydrogen (secondary N) is 1. The van der Waals surface area contributed by atoms with Gasteiger partial charge in [0, 0.05) is 5.56 Å². The van der Waals surface area contributed by atoms with Gasteiger partial charge in [-0.2, -0.15) is 0 Å². The number of carbonyl (C=O) groups is 2. The molecule has 1 saturated heterocycles. The van der Waals surface area contributed by atoms with E-state index in [1.54, 1.807) is 19.1 Å². The first kappa shape index (κ1) is 16.2. The fourth-order valence-corrected chi connectivity index (χ4v) is 4.95. The molecular weight excluding hydrogens is 306 g/mol. The van der Waals surface area contributed by atoms with Gasteiger partial charge in [0.2, 0.25) is 0 Å². The quantitative estimate of drug-likeness (QED) is 0.870. The van der Waals surface area contributed by atoms with Gasteiger partial charge in [-0.05, 0) is 42.0 Å². The van der Waals surface area contributed by atoms with E-state index in [0.29, 0.717) is 16.6 Å². The van der Waals surface area contributed by atoms with Crippen molar-refractivity contribution in [2.24, 2.45) is 0 Å². The molecule has 114 valence electrons. The Morgan fingerprint density at radius 1 is 1.29 bits per heavy atom. The molecule has 1 fully saturated rings. The molecule has 1 aliphatic heterocycles. The third kappa shape index (κ3) is 4.41. The second-order valence-electron chi connectivity index (χ2n) is 4.82. The zero-order valence-electron chi connectivity index (χ0n) is 11.9. The highest BCUT2D eigenvalue weighted by Crippen LogP contribution is 2.43. The number of thioether (sulfide) groups is 2. The third-order valence-electron chi connectivity index (χ3n) is 3.28. The molecule has 6 heteroatoms. The summed E-state index contributed by atoms with van der Waals surface area (Å²) >= 11 is 3.87. The molecule has 0 radical (unpaired) electrons. The van der Waals surface area contributed by atoms with E-state index in [1.165, 1.54) is 23.5 Å². The molecule has 2 N–H and O–H groups in total. The van der Waals surface area contributed by atoms with E-state index in [9.17, 15) is 9.59 Å². The molecule has 1 aliphatic rings. The van der Waals surface area contributed by atoms with Gasteiger partial charge in [0.1, 0.15) is 6.04 Å². The number of carboxylic acid groups (broad SMARTS) is 1. The molecule has 1 unspecified atom stereocenters. The number of hydrogen-bond acceptors (Lipinski definition) is 4. The van der Waals surface area contributed by atoms with Gasteiger partial charge in [0.15, 0.2) is 0 Å². The average molecular weight is 325 g/mol. The number of aliphatic carboxylic acids is 1. The molecule has 0 spiro atoms. The number of rotatable bonds is 5. The fourth-order valence-electron chi connectivity index (χ4n) is 2.05. The van der Waals surface area contributed by atoms with Gasteiger partial charge in [-0.25, -0.2) is 4.79 Å². The van der Waals surface area contributed by atoms with Crippen LogP contribution in [0.4, 0.5) is 0 Å². The predicted molar refractivity (Wildman–Crippen MR) is 87.9 cm³/mol. The lowest BCUT2D eigenvalue weighted by atomic mass is 10.1. The Kier molecular flexibility index (Phi) is 5.99. The number of carboxylic acids is 1. The van der Waals surface area contributed by atoms with Crippen molar-refractivity contribution in [2.75, 3.05) is 11.5 Å². The highest BCUT2D eigenvalue weighted by atomic mass is 32.2. The van der Waals surface area contributed by atoms with Crippen molar-refractivity contribution < 1.29 is 14.7 Å². The van der Waals surface area contributed by atoms with E-state index in [2.05, 4.69) is 5.32 Å². The van der Waals surface area contributed by atoms with Crippen molar-refractivity contribution in [2.45, 2.75) is 30.4 Å². The van der Waals surface area contributed by atoms with Gasteiger partial charge in [-0.15, -0.1) is 23.5 Å². The van der Waals surface area contributed by atoms with Crippen LogP contribution in [0.25, 0.3) is 0 Å². The second kappa shape index (κ2) is 7.75. The third-order valence-corrected chi connectivity index (χ3v) is 6.30. The van der Waals surface area contributed by atoms with E-state index in [4.69, 9.17) is 5.11 Å². The van der Waals surface area contributed by atoms with Gasteiger partial charge in [-0.1, -0.05) is 19.1 Å². The smallest absolute Gasteiger partial charge is 0.326 e. The number of carbonyl (C=O) groups excluding carboxylic acids is 1. The maximum atomic E-state index is 12.0. The van der Waals surface area contributed by atoms with E-state index < -0.39 is 12.0 Å². The molecule has 4 nitrogen and oxygen atoms in total. The monoisotopic (exact) mass is 325 g/mol. The average Bonchev–Trinajstić information content (AvgIpc) is 2.53. The molecule has 0 aliphatic carbocycles. The summed E-state index contributed by atoms with van der Waals surface area (Å²) in [4.78, 5) is 23.0. The molecule has 0 aromatic heterocycles. The van der Waals surface area contributed by atoms with Crippen molar-refractivity contribution in [1.29, 1.82) is 0 Å². The van der Waals surface area contributed by atoms with Crippen molar-refractivity contribution in [3.63, 3.8) is 0 Å². The van der Waals surface area contributed by atoms with Crippen molar-refractivity contribution in [3.05, 3.63) is 35.4 Å². The predicted octanol–water partition coefficient (Wildman–Crippen LogP) is 3.15. The summed E-state index contributed by atoms with van der Waals surface area (Å²) in [6.45, 7) is 1.74. The lowest BCUT2D eigenvalue weighted by molar-refractivity contribution is -0.139. The Hall–Kier alpha value is -1.14. The van der Waals surface area contributed by atoms with Gasteiger partial charge < -0.3 is 10.4 Å². The minimum Gasteiger partial charge on any atom is -0.480 e. The molecule has 0 bridgehead atoms. The Labute approximate surface area is 133 Å². The van der Waals surface area contributed by atoms with Crippen LogP contribution >= 0.6 is 23.5 Å². The minimum atomic E-state index is -1.00. The zero-order chi connectivity index (χ0) is 15.2. The Balaban J connectivity index is 2.00.